The Balaban J connectivity index is 0.000000283. The van der Waals surface area contributed by atoms with Gasteiger partial charge >= 0.3 is 5.69 Å². The summed E-state index contributed by atoms with van der Waals surface area (Å²) in [6, 6.07) is 9.21. The molecule has 0 aliphatic carbocycles. The number of anilines is 1. The minimum atomic E-state index is -1.01. The van der Waals surface area contributed by atoms with E-state index in [-0.39, 0.29) is 36.7 Å². The van der Waals surface area contributed by atoms with Crippen molar-refractivity contribution < 1.29 is 19.1 Å². The zero-order chi connectivity index (χ0) is 38.8. The molecule has 1 aliphatic heterocycles. The summed E-state index contributed by atoms with van der Waals surface area (Å²) >= 11 is 28.8. The molecule has 0 saturated carbocycles. The molecule has 0 N–H and O–H groups in total. The van der Waals surface area contributed by atoms with Crippen LogP contribution in [0.1, 0.15) is 43.6 Å². The van der Waals surface area contributed by atoms with E-state index in [1.165, 1.54) is 15.6 Å². The Morgan fingerprint density at radius 2 is 1.71 bits per heavy atom. The Bertz CT molecular complexity index is 1740. The molecule has 1 aliphatic rings. The number of fused-ring (bicyclic) bond motifs is 1. The maximum Gasteiger partial charge on any atom is 0.350 e. The van der Waals surface area contributed by atoms with E-state index in [4.69, 9.17) is 73.9 Å². The normalized spacial score (nSPS) is 11.5. The number of methoxy groups -OCH3 is 1. The minimum Gasteiger partial charge on any atom is -0.479 e. The molecule has 0 unspecified atom stereocenters. The van der Waals surface area contributed by atoms with Crippen molar-refractivity contribution in [1.29, 1.82) is 0 Å². The average Bonchev–Trinajstić information content (AvgIpc) is 3.48. The third-order valence-corrected chi connectivity index (χ3v) is 8.82. The number of carbonyl (C=O) groups excluding carboxylic acids is 2. The van der Waals surface area contributed by atoms with E-state index in [1.54, 1.807) is 34.8 Å². The van der Waals surface area contributed by atoms with E-state index in [1.807, 2.05) is 18.2 Å². The van der Waals surface area contributed by atoms with E-state index in [9.17, 15) is 14.4 Å². The first-order chi connectivity index (χ1) is 24.9. The van der Waals surface area contributed by atoms with Crippen LogP contribution >= 0.6 is 58.0 Å². The Kier molecular flexibility index (Phi) is 20.0. The largest absolute Gasteiger partial charge is 0.479 e. The van der Waals surface area contributed by atoms with E-state index in [0.29, 0.717) is 41.1 Å². The molecule has 2 aromatic carbocycles. The van der Waals surface area contributed by atoms with Crippen molar-refractivity contribution in [3.63, 3.8) is 0 Å². The highest BCUT2D eigenvalue weighted by Crippen LogP contribution is 2.33. The maximum absolute atomic E-state index is 12.5. The molecule has 0 radical (unpaired) electrons. The Morgan fingerprint density at radius 3 is 2.21 bits per heavy atom. The third-order valence-electron chi connectivity index (χ3n) is 7.62. The molecular formula is C37H44Cl5N5O5. The number of hydrogen-bond donors (Lipinski definition) is 0. The van der Waals surface area contributed by atoms with Gasteiger partial charge in [-0.2, -0.15) is 4.68 Å². The van der Waals surface area contributed by atoms with Gasteiger partial charge in [0.25, 0.3) is 5.91 Å². The lowest BCUT2D eigenvalue weighted by molar-refractivity contribution is -0.128. The van der Waals surface area contributed by atoms with E-state index < -0.39 is 4.84 Å². The summed E-state index contributed by atoms with van der Waals surface area (Å²) in [6.45, 7) is 13.0. The number of aryl methyl sites for hydroxylation is 3. The van der Waals surface area contributed by atoms with Crippen molar-refractivity contribution in [2.75, 3.05) is 44.3 Å². The van der Waals surface area contributed by atoms with Crippen LogP contribution in [0.4, 0.5) is 5.69 Å². The van der Waals surface area contributed by atoms with Crippen molar-refractivity contribution in [1.82, 2.24) is 19.2 Å². The smallest absolute Gasteiger partial charge is 0.350 e. The highest BCUT2D eigenvalue weighted by molar-refractivity contribution is 6.53. The zero-order valence-corrected chi connectivity index (χ0v) is 33.3. The lowest BCUT2D eigenvalue weighted by Gasteiger charge is -2.26. The van der Waals surface area contributed by atoms with Gasteiger partial charge in [-0.25, -0.2) is 4.79 Å². The second-order valence-electron chi connectivity index (χ2n) is 11.1. The summed E-state index contributed by atoms with van der Waals surface area (Å²) in [5.74, 6) is 3.02. The highest BCUT2D eigenvalue weighted by Gasteiger charge is 2.22. The molecule has 15 heteroatoms. The van der Waals surface area contributed by atoms with Gasteiger partial charge in [0.1, 0.15) is 30.8 Å². The molecule has 1 aromatic heterocycles. The summed E-state index contributed by atoms with van der Waals surface area (Å²) < 4.78 is 13.5. The van der Waals surface area contributed by atoms with Crippen LogP contribution in [0.2, 0.25) is 10.0 Å². The molecule has 2 heterocycles. The number of hydrogen-bond acceptors (Lipinski definition) is 6. The molecule has 0 bridgehead atoms. The van der Waals surface area contributed by atoms with Crippen molar-refractivity contribution in [2.24, 2.45) is 0 Å². The number of alkyl halides is 3. The maximum atomic E-state index is 12.5. The fourth-order valence-corrected chi connectivity index (χ4v) is 6.13. The Hall–Kier alpha value is -3.43. The first kappa shape index (κ1) is 44.7. The number of ether oxygens (including phenoxy) is 2. The molecule has 2 amide bonds. The van der Waals surface area contributed by atoms with E-state index >= 15 is 0 Å². The van der Waals surface area contributed by atoms with Crippen LogP contribution in [0, 0.1) is 12.3 Å². The Labute approximate surface area is 330 Å². The predicted molar refractivity (Wildman–Crippen MR) is 213 cm³/mol. The lowest BCUT2D eigenvalue weighted by atomic mass is 10.0. The van der Waals surface area contributed by atoms with Crippen molar-refractivity contribution in [3.8, 4) is 23.8 Å². The van der Waals surface area contributed by atoms with Crippen LogP contribution in [0.3, 0.4) is 0 Å². The molecule has 52 heavy (non-hydrogen) atoms. The molecule has 3 aromatic rings. The van der Waals surface area contributed by atoms with Gasteiger partial charge in [-0.05, 0) is 42.9 Å². The van der Waals surface area contributed by atoms with Gasteiger partial charge < -0.3 is 14.4 Å². The van der Waals surface area contributed by atoms with Gasteiger partial charge in [0.15, 0.2) is 4.84 Å². The molecule has 0 atom stereocenters. The van der Waals surface area contributed by atoms with Crippen LogP contribution < -0.4 is 15.3 Å². The van der Waals surface area contributed by atoms with Crippen LogP contribution in [0.25, 0.3) is 5.69 Å². The van der Waals surface area contributed by atoms with Gasteiger partial charge in [-0.1, -0.05) is 96.5 Å². The fourth-order valence-electron chi connectivity index (χ4n) is 5.20. The van der Waals surface area contributed by atoms with Crippen molar-refractivity contribution >= 4 is 75.5 Å². The highest BCUT2D eigenvalue weighted by atomic mass is 35.5. The van der Waals surface area contributed by atoms with Crippen molar-refractivity contribution in [2.45, 2.75) is 57.3 Å². The number of rotatable bonds is 14. The molecule has 4 rings (SSSR count). The van der Waals surface area contributed by atoms with E-state index in [2.05, 4.69) is 38.0 Å². The standard InChI is InChI=1S/C15H13Cl2N3O2.C14H20ClNO2.C8H11Cl2NO/c1-2-7-22-13-9-12(10(16)8-11(13)17)20-15(21)19-6-4-3-5-14(19)18-20;1-4-11-7-6-8-12(5-2)14(11)16(10-18-3)13(17)9-15;1-3-5-11(6-4-2)8(12)7(9)10/h1,8-9H,3-7H2;6-8H,4-5,9-10H2,1-3H3;3-4,7H,1-2,5-6H2. The number of benzene rings is 2. The third kappa shape index (κ3) is 12.3. The predicted octanol–water partition coefficient (Wildman–Crippen LogP) is 7.67. The topological polar surface area (TPSA) is 98.9 Å². The van der Waals surface area contributed by atoms with Crippen LogP contribution in [0.5, 0.6) is 5.75 Å². The average molecular weight is 816 g/mol. The summed E-state index contributed by atoms with van der Waals surface area (Å²) in [5, 5.41) is 5.04. The summed E-state index contributed by atoms with van der Waals surface area (Å²) in [7, 11) is 1.58. The lowest BCUT2D eigenvalue weighted by Crippen LogP contribution is -2.35. The van der Waals surface area contributed by atoms with Crippen molar-refractivity contribution in [3.05, 3.63) is 93.1 Å². The fraction of sp³-hybridized carbons (Fsp3) is 0.405. The van der Waals surface area contributed by atoms with Crippen LogP contribution in [-0.4, -0.2) is 75.3 Å². The second-order valence-corrected chi connectivity index (χ2v) is 13.3. The molecule has 0 saturated heterocycles. The molecule has 0 fully saturated rings. The first-order valence-corrected chi connectivity index (χ1v) is 18.6. The minimum absolute atomic E-state index is 0.0371. The number of amides is 2. The molecule has 10 nitrogen and oxygen atoms in total. The zero-order valence-electron chi connectivity index (χ0n) is 29.6. The number of aromatic nitrogens is 3. The number of halogens is 5. The summed E-state index contributed by atoms with van der Waals surface area (Å²) in [5.41, 5.74) is 3.47. The quantitative estimate of drug-likeness (QED) is 0.0718. The number of carbonyl (C=O) groups is 2. The Morgan fingerprint density at radius 1 is 1.08 bits per heavy atom. The molecular weight excluding hydrogens is 772 g/mol. The van der Waals surface area contributed by atoms with Crippen LogP contribution in [0.15, 0.2) is 60.4 Å². The molecule has 0 spiro atoms. The van der Waals surface area contributed by atoms with Gasteiger partial charge in [0.2, 0.25) is 5.91 Å². The van der Waals surface area contributed by atoms with Gasteiger partial charge in [-0.3, -0.25) is 19.1 Å². The molecule has 282 valence electrons. The monoisotopic (exact) mass is 813 g/mol. The van der Waals surface area contributed by atoms with Crippen LogP contribution in [-0.2, 0) is 40.1 Å². The first-order valence-electron chi connectivity index (χ1n) is 16.4. The SMILES string of the molecule is C#CCOc1cc(-n2nc3n(c2=O)CCCC3)c(Cl)cc1Cl.C=CCN(CC=C)C(=O)C(Cl)Cl.CCc1cccc(CC)c1N(COC)C(=O)CCl. The number of terminal acetylenes is 1. The van der Waals surface area contributed by atoms with Gasteiger partial charge in [0, 0.05) is 39.2 Å². The number of nitrogens with zero attached hydrogens (tertiary/aromatic N) is 5. The van der Waals surface area contributed by atoms with Gasteiger partial charge in [0.05, 0.1) is 21.4 Å². The second kappa shape index (κ2) is 23.3. The summed E-state index contributed by atoms with van der Waals surface area (Å²) in [4.78, 5) is 37.7. The number of para-hydroxylation sites is 1. The van der Waals surface area contributed by atoms with E-state index in [0.717, 1.165) is 54.7 Å². The summed E-state index contributed by atoms with van der Waals surface area (Å²) in [6.07, 6.45) is 12.9. The van der Waals surface area contributed by atoms with Gasteiger partial charge in [-0.15, -0.1) is 36.3 Å².